The lowest BCUT2D eigenvalue weighted by atomic mass is 10.1. The van der Waals surface area contributed by atoms with E-state index in [1.807, 2.05) is 12.1 Å². The first kappa shape index (κ1) is 20.6. The molecule has 0 unspecified atom stereocenters. The molecule has 1 amide bonds. The topological polar surface area (TPSA) is 85.0 Å². The van der Waals surface area contributed by atoms with Gasteiger partial charge in [0.15, 0.2) is 11.5 Å². The summed E-state index contributed by atoms with van der Waals surface area (Å²) in [6.07, 6.45) is 5.04. The standard InChI is InChI=1S/C24H28N4O4/c1-15(2)25-20-14-21(26-18-5-3-4-16(18)20)27-19-7-6-17(22-23(19)32-13-12-31-22)24(29)28-8-10-30-11-9-28/h3-4,6-7,14-15H,5,8-13H2,1-2H3,(H2,25,26,27). The third-order valence-electron chi connectivity index (χ3n) is 5.66. The molecular weight excluding hydrogens is 408 g/mol. The summed E-state index contributed by atoms with van der Waals surface area (Å²) in [5.74, 6) is 1.70. The predicted octanol–water partition coefficient (Wildman–Crippen LogP) is 3.46. The quantitative estimate of drug-likeness (QED) is 0.743. The first-order valence-corrected chi connectivity index (χ1v) is 11.1. The van der Waals surface area contributed by atoms with Gasteiger partial charge < -0.3 is 29.7 Å². The molecule has 1 saturated heterocycles. The van der Waals surface area contributed by atoms with Gasteiger partial charge in [-0.3, -0.25) is 4.79 Å². The summed E-state index contributed by atoms with van der Waals surface area (Å²) in [7, 11) is 0. The van der Waals surface area contributed by atoms with Crippen molar-refractivity contribution in [3.63, 3.8) is 0 Å². The van der Waals surface area contributed by atoms with Gasteiger partial charge in [0.2, 0.25) is 0 Å². The lowest BCUT2D eigenvalue weighted by Gasteiger charge is -2.29. The Bertz CT molecular complexity index is 1060. The zero-order valence-corrected chi connectivity index (χ0v) is 18.4. The average Bonchev–Trinajstić information content (AvgIpc) is 3.28. The molecule has 2 N–H and O–H groups in total. The number of benzene rings is 1. The number of morpholine rings is 1. The minimum Gasteiger partial charge on any atom is -0.485 e. The number of anilines is 3. The molecule has 8 nitrogen and oxygen atoms in total. The van der Waals surface area contributed by atoms with Gasteiger partial charge in [0, 0.05) is 42.9 Å². The Balaban J connectivity index is 1.47. The summed E-state index contributed by atoms with van der Waals surface area (Å²) in [6, 6.07) is 5.98. The van der Waals surface area contributed by atoms with Crippen LogP contribution in [-0.2, 0) is 11.2 Å². The van der Waals surface area contributed by atoms with Crippen LogP contribution in [0.5, 0.6) is 11.5 Å². The summed E-state index contributed by atoms with van der Waals surface area (Å²) >= 11 is 0. The molecule has 2 aromatic rings. The Hall–Kier alpha value is -3.26. The van der Waals surface area contributed by atoms with Crippen molar-refractivity contribution >= 4 is 29.2 Å². The van der Waals surface area contributed by atoms with Crippen molar-refractivity contribution in [1.29, 1.82) is 0 Å². The molecule has 0 bridgehead atoms. The largest absolute Gasteiger partial charge is 0.485 e. The molecule has 5 rings (SSSR count). The summed E-state index contributed by atoms with van der Waals surface area (Å²) in [6.45, 7) is 7.33. The molecule has 1 fully saturated rings. The highest BCUT2D eigenvalue weighted by Crippen LogP contribution is 2.42. The van der Waals surface area contributed by atoms with E-state index in [0.717, 1.165) is 34.9 Å². The van der Waals surface area contributed by atoms with Crippen LogP contribution in [0.2, 0.25) is 0 Å². The van der Waals surface area contributed by atoms with Crippen LogP contribution in [0.1, 0.15) is 35.5 Å². The number of ether oxygens (including phenoxy) is 3. The molecular formula is C24H28N4O4. The second-order valence-electron chi connectivity index (χ2n) is 8.37. The fraction of sp³-hybridized carbons (Fsp3) is 0.417. The molecule has 0 atom stereocenters. The first-order valence-electron chi connectivity index (χ1n) is 11.1. The Morgan fingerprint density at radius 2 is 1.84 bits per heavy atom. The van der Waals surface area contributed by atoms with Gasteiger partial charge in [0.1, 0.15) is 19.0 Å². The summed E-state index contributed by atoms with van der Waals surface area (Å²) in [5.41, 5.74) is 4.46. The summed E-state index contributed by atoms with van der Waals surface area (Å²) < 4.78 is 17.2. The number of nitrogens with one attached hydrogen (secondary N) is 2. The molecule has 3 heterocycles. The van der Waals surface area contributed by atoms with Gasteiger partial charge in [-0.25, -0.2) is 4.98 Å². The van der Waals surface area contributed by atoms with Gasteiger partial charge in [-0.2, -0.15) is 0 Å². The molecule has 0 radical (unpaired) electrons. The van der Waals surface area contributed by atoms with Crippen LogP contribution in [0, 0.1) is 0 Å². The van der Waals surface area contributed by atoms with Crippen molar-refractivity contribution in [1.82, 2.24) is 9.88 Å². The number of hydrogen-bond donors (Lipinski definition) is 2. The third-order valence-corrected chi connectivity index (χ3v) is 5.66. The van der Waals surface area contributed by atoms with Crippen molar-refractivity contribution in [2.75, 3.05) is 50.2 Å². The molecule has 1 aliphatic carbocycles. The monoisotopic (exact) mass is 436 g/mol. The van der Waals surface area contributed by atoms with Crippen molar-refractivity contribution in [2.24, 2.45) is 0 Å². The lowest BCUT2D eigenvalue weighted by Crippen LogP contribution is -2.41. The number of carbonyl (C=O) groups is 1. The number of fused-ring (bicyclic) bond motifs is 2. The molecule has 1 aromatic heterocycles. The number of amides is 1. The number of hydrogen-bond acceptors (Lipinski definition) is 7. The summed E-state index contributed by atoms with van der Waals surface area (Å²) in [5, 5.41) is 6.90. The van der Waals surface area contributed by atoms with Gasteiger partial charge in [0.05, 0.1) is 30.2 Å². The van der Waals surface area contributed by atoms with Gasteiger partial charge in [0.25, 0.3) is 5.91 Å². The fourth-order valence-electron chi connectivity index (χ4n) is 4.21. The number of allylic oxidation sites excluding steroid dienone is 1. The first-order chi connectivity index (χ1) is 15.6. The van der Waals surface area contributed by atoms with Crippen molar-refractivity contribution in [3.05, 3.63) is 41.1 Å². The van der Waals surface area contributed by atoms with Crippen LogP contribution in [0.15, 0.2) is 24.3 Å². The fourth-order valence-corrected chi connectivity index (χ4v) is 4.21. The van der Waals surface area contributed by atoms with E-state index < -0.39 is 0 Å². The van der Waals surface area contributed by atoms with E-state index >= 15 is 0 Å². The zero-order chi connectivity index (χ0) is 22.1. The van der Waals surface area contributed by atoms with Crippen molar-refractivity contribution < 1.29 is 19.0 Å². The number of carbonyl (C=O) groups excluding carboxylic acids is 1. The minimum absolute atomic E-state index is 0.0632. The highest BCUT2D eigenvalue weighted by molar-refractivity contribution is 5.99. The molecule has 168 valence electrons. The maximum Gasteiger partial charge on any atom is 0.257 e. The van der Waals surface area contributed by atoms with Crippen molar-refractivity contribution in [3.8, 4) is 11.5 Å². The van der Waals surface area contributed by atoms with E-state index in [1.54, 1.807) is 11.0 Å². The molecule has 2 aliphatic heterocycles. The number of aromatic nitrogens is 1. The van der Waals surface area contributed by atoms with Crippen LogP contribution in [0.25, 0.3) is 6.08 Å². The van der Waals surface area contributed by atoms with E-state index in [1.165, 1.54) is 0 Å². The molecule has 3 aliphatic rings. The molecule has 8 heteroatoms. The molecule has 0 saturated carbocycles. The molecule has 0 spiro atoms. The van der Waals surface area contributed by atoms with E-state index in [2.05, 4.69) is 36.6 Å². The van der Waals surface area contributed by atoms with E-state index in [0.29, 0.717) is 62.6 Å². The van der Waals surface area contributed by atoms with Crippen molar-refractivity contribution in [2.45, 2.75) is 26.3 Å². The SMILES string of the molecule is CC(C)Nc1cc(Nc2ccc(C(=O)N3CCOCC3)c3c2OCCO3)nc2c1C=CC2. The Morgan fingerprint density at radius 1 is 1.06 bits per heavy atom. The molecule has 32 heavy (non-hydrogen) atoms. The zero-order valence-electron chi connectivity index (χ0n) is 18.4. The lowest BCUT2D eigenvalue weighted by molar-refractivity contribution is 0.0298. The van der Waals surface area contributed by atoms with E-state index in [9.17, 15) is 4.79 Å². The Morgan fingerprint density at radius 3 is 2.62 bits per heavy atom. The number of pyridine rings is 1. The second kappa shape index (κ2) is 8.70. The Kier molecular flexibility index (Phi) is 5.61. The number of nitrogens with zero attached hydrogens (tertiary/aromatic N) is 2. The van der Waals surface area contributed by atoms with Crippen LogP contribution in [-0.4, -0.2) is 61.3 Å². The van der Waals surface area contributed by atoms with E-state index in [4.69, 9.17) is 19.2 Å². The van der Waals surface area contributed by atoms with Gasteiger partial charge in [-0.05, 0) is 26.0 Å². The number of rotatable bonds is 5. The Labute approximate surface area is 187 Å². The van der Waals surface area contributed by atoms with Crippen LogP contribution in [0.4, 0.5) is 17.2 Å². The predicted molar refractivity (Wildman–Crippen MR) is 123 cm³/mol. The van der Waals surface area contributed by atoms with Gasteiger partial charge in [-0.1, -0.05) is 12.2 Å². The van der Waals surface area contributed by atoms with E-state index in [-0.39, 0.29) is 5.91 Å². The highest BCUT2D eigenvalue weighted by atomic mass is 16.6. The van der Waals surface area contributed by atoms with Crippen LogP contribution in [0.3, 0.4) is 0 Å². The highest BCUT2D eigenvalue weighted by Gasteiger charge is 2.28. The van der Waals surface area contributed by atoms with Crippen LogP contribution < -0.4 is 20.1 Å². The average molecular weight is 437 g/mol. The van der Waals surface area contributed by atoms with Crippen LogP contribution >= 0.6 is 0 Å². The minimum atomic E-state index is -0.0632. The smallest absolute Gasteiger partial charge is 0.257 e. The van der Waals surface area contributed by atoms with Gasteiger partial charge >= 0.3 is 0 Å². The normalized spacial score (nSPS) is 16.8. The van der Waals surface area contributed by atoms with Gasteiger partial charge in [-0.15, -0.1) is 0 Å². The second-order valence-corrected chi connectivity index (χ2v) is 8.37. The summed E-state index contributed by atoms with van der Waals surface area (Å²) in [4.78, 5) is 19.7. The maximum absolute atomic E-state index is 13.1. The third kappa shape index (κ3) is 3.98. The molecule has 1 aromatic carbocycles. The maximum atomic E-state index is 13.1.